The van der Waals surface area contributed by atoms with Crippen molar-refractivity contribution in [3.8, 4) is 0 Å². The minimum Gasteiger partial charge on any atom is -0.397 e. The van der Waals surface area contributed by atoms with Gasteiger partial charge < -0.3 is 5.73 Å². The number of hydrogen-bond acceptors (Lipinski definition) is 2. The van der Waals surface area contributed by atoms with Crippen molar-refractivity contribution < 1.29 is 0 Å². The average molecular weight is 170 g/mol. The molecular weight excluding hydrogens is 160 g/mol. The Morgan fingerprint density at radius 2 is 1.92 bits per heavy atom. The molecule has 2 heteroatoms. The predicted molar refractivity (Wildman–Crippen MR) is 55.0 cm³/mol. The molecule has 13 heavy (non-hydrogen) atoms. The Morgan fingerprint density at radius 1 is 1.23 bits per heavy atom. The van der Waals surface area contributed by atoms with Crippen molar-refractivity contribution in [1.29, 1.82) is 0 Å². The standard InChI is InChI=1S/C11H10N2/c1-8(12)11-6-9-4-2-3-5-10(9)7-13-11/h2-7H,1,12H2. The lowest BCUT2D eigenvalue weighted by atomic mass is 10.1. The largest absolute Gasteiger partial charge is 0.397 e. The third-order valence-corrected chi connectivity index (χ3v) is 1.96. The highest BCUT2D eigenvalue weighted by molar-refractivity contribution is 5.83. The molecule has 0 fully saturated rings. The molecule has 0 saturated heterocycles. The minimum absolute atomic E-state index is 0.505. The molecule has 64 valence electrons. The summed E-state index contributed by atoms with van der Waals surface area (Å²) < 4.78 is 0. The van der Waals surface area contributed by atoms with E-state index in [0.717, 1.165) is 16.5 Å². The molecule has 1 heterocycles. The van der Waals surface area contributed by atoms with Crippen LogP contribution in [0.25, 0.3) is 16.5 Å². The summed E-state index contributed by atoms with van der Waals surface area (Å²) in [5.74, 6) is 0. The van der Waals surface area contributed by atoms with E-state index in [1.807, 2.05) is 36.5 Å². The van der Waals surface area contributed by atoms with Crippen molar-refractivity contribution in [2.45, 2.75) is 0 Å². The van der Waals surface area contributed by atoms with Crippen molar-refractivity contribution in [3.63, 3.8) is 0 Å². The second kappa shape index (κ2) is 2.90. The number of nitrogens with two attached hydrogens (primary N) is 1. The lowest BCUT2D eigenvalue weighted by molar-refractivity contribution is 1.29. The van der Waals surface area contributed by atoms with Crippen molar-refractivity contribution >= 4 is 16.5 Å². The van der Waals surface area contributed by atoms with Crippen LogP contribution in [0.5, 0.6) is 0 Å². The van der Waals surface area contributed by atoms with Crippen molar-refractivity contribution in [1.82, 2.24) is 4.98 Å². The molecule has 1 aromatic heterocycles. The molecule has 2 aromatic rings. The van der Waals surface area contributed by atoms with Gasteiger partial charge in [-0.1, -0.05) is 30.8 Å². The fraction of sp³-hybridized carbons (Fsp3) is 0. The van der Waals surface area contributed by atoms with Gasteiger partial charge in [-0.25, -0.2) is 0 Å². The first-order chi connectivity index (χ1) is 6.27. The maximum Gasteiger partial charge on any atom is 0.0859 e. The molecule has 0 bridgehead atoms. The topological polar surface area (TPSA) is 38.9 Å². The van der Waals surface area contributed by atoms with Crippen LogP contribution in [0.15, 0.2) is 43.1 Å². The fourth-order valence-corrected chi connectivity index (χ4v) is 1.26. The van der Waals surface area contributed by atoms with E-state index in [4.69, 9.17) is 5.73 Å². The second-order valence-corrected chi connectivity index (χ2v) is 2.94. The lowest BCUT2D eigenvalue weighted by Gasteiger charge is -2.00. The van der Waals surface area contributed by atoms with Crippen LogP contribution in [0, 0.1) is 0 Å². The first-order valence-electron chi connectivity index (χ1n) is 4.07. The Kier molecular flexibility index (Phi) is 1.74. The zero-order valence-corrected chi connectivity index (χ0v) is 7.20. The zero-order chi connectivity index (χ0) is 9.26. The summed E-state index contributed by atoms with van der Waals surface area (Å²) in [6.07, 6.45) is 1.81. The number of aromatic nitrogens is 1. The van der Waals surface area contributed by atoms with Gasteiger partial charge in [0, 0.05) is 11.6 Å². The van der Waals surface area contributed by atoms with Gasteiger partial charge in [0.15, 0.2) is 0 Å². The molecule has 0 aliphatic rings. The highest BCUT2D eigenvalue weighted by atomic mass is 14.7. The monoisotopic (exact) mass is 170 g/mol. The van der Waals surface area contributed by atoms with E-state index in [2.05, 4.69) is 11.6 Å². The summed E-state index contributed by atoms with van der Waals surface area (Å²) in [5.41, 5.74) is 6.80. The predicted octanol–water partition coefficient (Wildman–Crippen LogP) is 2.16. The minimum atomic E-state index is 0.505. The molecule has 0 spiro atoms. The molecule has 0 aliphatic carbocycles. The highest BCUT2D eigenvalue weighted by Gasteiger charge is 1.97. The van der Waals surface area contributed by atoms with Crippen LogP contribution >= 0.6 is 0 Å². The molecule has 2 nitrogen and oxygen atoms in total. The van der Waals surface area contributed by atoms with Gasteiger partial charge in [0.1, 0.15) is 0 Å². The van der Waals surface area contributed by atoms with Gasteiger partial charge in [-0.15, -0.1) is 0 Å². The SMILES string of the molecule is C=C(N)c1cc2ccccc2cn1. The smallest absolute Gasteiger partial charge is 0.0859 e. The van der Waals surface area contributed by atoms with E-state index in [-0.39, 0.29) is 0 Å². The Hall–Kier alpha value is -1.83. The fourth-order valence-electron chi connectivity index (χ4n) is 1.26. The quantitative estimate of drug-likeness (QED) is 0.712. The van der Waals surface area contributed by atoms with E-state index >= 15 is 0 Å². The van der Waals surface area contributed by atoms with Crippen molar-refractivity contribution in [2.24, 2.45) is 5.73 Å². The average Bonchev–Trinajstić information content (AvgIpc) is 2.17. The maximum atomic E-state index is 5.55. The highest BCUT2D eigenvalue weighted by Crippen LogP contribution is 2.15. The number of pyridine rings is 1. The third kappa shape index (κ3) is 1.38. The van der Waals surface area contributed by atoms with E-state index < -0.39 is 0 Å². The maximum absolute atomic E-state index is 5.55. The molecule has 2 rings (SSSR count). The van der Waals surface area contributed by atoms with Crippen LogP contribution in [0.3, 0.4) is 0 Å². The Labute approximate surface area is 76.7 Å². The Balaban J connectivity index is 2.69. The van der Waals surface area contributed by atoms with E-state index in [0.29, 0.717) is 5.70 Å². The van der Waals surface area contributed by atoms with Crippen LogP contribution in [0.1, 0.15) is 5.69 Å². The van der Waals surface area contributed by atoms with E-state index in [1.54, 1.807) is 0 Å². The second-order valence-electron chi connectivity index (χ2n) is 2.94. The molecule has 0 amide bonds. The first-order valence-corrected chi connectivity index (χ1v) is 4.07. The summed E-state index contributed by atoms with van der Waals surface area (Å²) in [4.78, 5) is 4.18. The molecular formula is C11H10N2. The van der Waals surface area contributed by atoms with Gasteiger partial charge in [-0.05, 0) is 11.5 Å². The lowest BCUT2D eigenvalue weighted by Crippen LogP contribution is -1.96. The van der Waals surface area contributed by atoms with Crippen LogP contribution < -0.4 is 5.73 Å². The van der Waals surface area contributed by atoms with Crippen LogP contribution in [-0.2, 0) is 0 Å². The summed E-state index contributed by atoms with van der Waals surface area (Å²) in [6.45, 7) is 3.65. The molecule has 0 atom stereocenters. The molecule has 1 aromatic carbocycles. The van der Waals surface area contributed by atoms with Crippen molar-refractivity contribution in [2.75, 3.05) is 0 Å². The zero-order valence-electron chi connectivity index (χ0n) is 7.20. The summed E-state index contributed by atoms with van der Waals surface area (Å²) >= 11 is 0. The Bertz CT molecular complexity index is 460. The number of hydrogen-bond donors (Lipinski definition) is 1. The van der Waals surface area contributed by atoms with Gasteiger partial charge in [0.05, 0.1) is 11.4 Å². The Morgan fingerprint density at radius 3 is 2.62 bits per heavy atom. The molecule has 0 aliphatic heterocycles. The summed E-state index contributed by atoms with van der Waals surface area (Å²) in [6, 6.07) is 9.97. The van der Waals surface area contributed by atoms with E-state index in [1.165, 1.54) is 0 Å². The summed E-state index contributed by atoms with van der Waals surface area (Å²) in [5, 5.41) is 2.26. The third-order valence-electron chi connectivity index (χ3n) is 1.96. The molecule has 0 saturated carbocycles. The number of nitrogens with zero attached hydrogens (tertiary/aromatic N) is 1. The first kappa shape index (κ1) is 7.80. The van der Waals surface area contributed by atoms with Gasteiger partial charge in [0.2, 0.25) is 0 Å². The number of fused-ring (bicyclic) bond motifs is 1. The molecule has 0 unspecified atom stereocenters. The van der Waals surface area contributed by atoms with Crippen LogP contribution in [-0.4, -0.2) is 4.98 Å². The van der Waals surface area contributed by atoms with E-state index in [9.17, 15) is 0 Å². The summed E-state index contributed by atoms with van der Waals surface area (Å²) in [7, 11) is 0. The van der Waals surface area contributed by atoms with Gasteiger partial charge in [0.25, 0.3) is 0 Å². The number of rotatable bonds is 1. The van der Waals surface area contributed by atoms with Crippen LogP contribution in [0.2, 0.25) is 0 Å². The van der Waals surface area contributed by atoms with Crippen LogP contribution in [0.4, 0.5) is 0 Å². The van der Waals surface area contributed by atoms with Gasteiger partial charge in [-0.2, -0.15) is 0 Å². The molecule has 2 N–H and O–H groups in total. The normalized spacial score (nSPS) is 10.2. The van der Waals surface area contributed by atoms with Gasteiger partial charge in [-0.3, -0.25) is 4.98 Å². The molecule has 0 radical (unpaired) electrons. The number of benzene rings is 1. The van der Waals surface area contributed by atoms with Gasteiger partial charge >= 0.3 is 0 Å². The van der Waals surface area contributed by atoms with Crippen molar-refractivity contribution in [3.05, 3.63) is 48.8 Å².